The zero-order valence-electron chi connectivity index (χ0n) is 13.2. The molecule has 2 aromatic heterocycles. The van der Waals surface area contributed by atoms with Crippen molar-refractivity contribution in [2.24, 2.45) is 0 Å². The van der Waals surface area contributed by atoms with Gasteiger partial charge in [-0.15, -0.1) is 0 Å². The van der Waals surface area contributed by atoms with Gasteiger partial charge < -0.3 is 10.1 Å². The highest BCUT2D eigenvalue weighted by Crippen LogP contribution is 2.16. The van der Waals surface area contributed by atoms with Gasteiger partial charge in [0.05, 0.1) is 24.0 Å². The van der Waals surface area contributed by atoms with Crippen molar-refractivity contribution in [3.05, 3.63) is 59.7 Å². The number of aromatic nitrogens is 4. The minimum absolute atomic E-state index is 0.140. The van der Waals surface area contributed by atoms with Crippen LogP contribution in [0.2, 0.25) is 0 Å². The Hall–Kier alpha value is -2.74. The molecular formula is C16H17N5O2S. The van der Waals surface area contributed by atoms with E-state index < -0.39 is 0 Å². The molecule has 0 radical (unpaired) electrons. The molecule has 1 N–H and O–H groups in total. The molecule has 24 heavy (non-hydrogen) atoms. The van der Waals surface area contributed by atoms with Gasteiger partial charge in [-0.3, -0.25) is 9.48 Å². The Kier molecular flexibility index (Phi) is 5.17. The summed E-state index contributed by atoms with van der Waals surface area (Å²) >= 11 is 1.17. The van der Waals surface area contributed by atoms with Crippen molar-refractivity contribution in [3.8, 4) is 5.75 Å². The average Bonchev–Trinajstić information content (AvgIpc) is 3.25. The largest absolute Gasteiger partial charge is 0.487 e. The SMILES string of the molecule is Cc1nsnc1COc1cccc(C(=O)NCCn2cccn2)c1. The molecular weight excluding hydrogens is 326 g/mol. The molecule has 0 spiro atoms. The van der Waals surface area contributed by atoms with E-state index in [4.69, 9.17) is 4.74 Å². The fraction of sp³-hybridized carbons (Fsp3) is 0.250. The van der Waals surface area contributed by atoms with Gasteiger partial charge in [0.1, 0.15) is 18.1 Å². The first kappa shape index (κ1) is 16.1. The van der Waals surface area contributed by atoms with E-state index in [1.807, 2.05) is 25.3 Å². The molecule has 3 aromatic rings. The van der Waals surface area contributed by atoms with Gasteiger partial charge in [-0.2, -0.15) is 13.8 Å². The summed E-state index contributed by atoms with van der Waals surface area (Å²) in [5.41, 5.74) is 2.24. The van der Waals surface area contributed by atoms with Crippen LogP contribution in [0, 0.1) is 6.92 Å². The summed E-state index contributed by atoms with van der Waals surface area (Å²) < 4.78 is 15.7. The first-order chi connectivity index (χ1) is 11.7. The van der Waals surface area contributed by atoms with E-state index in [9.17, 15) is 4.79 Å². The van der Waals surface area contributed by atoms with E-state index >= 15 is 0 Å². The van der Waals surface area contributed by atoms with Gasteiger partial charge in [0.25, 0.3) is 5.91 Å². The van der Waals surface area contributed by atoms with Crippen LogP contribution in [-0.2, 0) is 13.2 Å². The first-order valence-electron chi connectivity index (χ1n) is 7.49. The second-order valence-corrected chi connectivity index (χ2v) is 5.67. The minimum atomic E-state index is -0.140. The number of hydrogen-bond donors (Lipinski definition) is 1. The zero-order chi connectivity index (χ0) is 16.8. The summed E-state index contributed by atoms with van der Waals surface area (Å²) in [7, 11) is 0. The summed E-state index contributed by atoms with van der Waals surface area (Å²) in [5, 5.41) is 6.96. The Balaban J connectivity index is 1.53. The molecule has 0 saturated heterocycles. The van der Waals surface area contributed by atoms with Crippen LogP contribution < -0.4 is 10.1 Å². The standard InChI is InChI=1S/C16H17N5O2S/c1-12-15(20-24-19-12)11-23-14-5-2-4-13(10-14)16(22)17-7-9-21-8-3-6-18-21/h2-6,8,10H,7,9,11H2,1H3,(H,17,22). The number of carbonyl (C=O) groups excluding carboxylic acids is 1. The van der Waals surface area contributed by atoms with E-state index in [2.05, 4.69) is 19.2 Å². The van der Waals surface area contributed by atoms with Crippen LogP contribution in [0.4, 0.5) is 0 Å². The Morgan fingerprint density at radius 1 is 1.33 bits per heavy atom. The van der Waals surface area contributed by atoms with Gasteiger partial charge in [0.2, 0.25) is 0 Å². The molecule has 0 aliphatic carbocycles. The fourth-order valence-corrected chi connectivity index (χ4v) is 2.63. The lowest BCUT2D eigenvalue weighted by Gasteiger charge is -2.08. The van der Waals surface area contributed by atoms with Crippen LogP contribution in [-0.4, -0.2) is 31.0 Å². The Morgan fingerprint density at radius 2 is 2.25 bits per heavy atom. The number of aryl methyl sites for hydroxylation is 1. The maximum atomic E-state index is 12.2. The predicted molar refractivity (Wildman–Crippen MR) is 90.0 cm³/mol. The number of benzene rings is 1. The second-order valence-electron chi connectivity index (χ2n) is 5.14. The smallest absolute Gasteiger partial charge is 0.251 e. The Bertz CT molecular complexity index is 800. The third-order valence-corrected chi connectivity index (χ3v) is 4.06. The van der Waals surface area contributed by atoms with E-state index in [1.54, 1.807) is 29.1 Å². The Morgan fingerprint density at radius 3 is 3.00 bits per heavy atom. The predicted octanol–water partition coefficient (Wildman–Crippen LogP) is 2.05. The highest BCUT2D eigenvalue weighted by Gasteiger charge is 2.08. The van der Waals surface area contributed by atoms with Crippen molar-refractivity contribution in [2.45, 2.75) is 20.1 Å². The van der Waals surface area contributed by atoms with Crippen LogP contribution in [0.1, 0.15) is 21.7 Å². The fourth-order valence-electron chi connectivity index (χ4n) is 2.08. The number of amides is 1. The maximum Gasteiger partial charge on any atom is 0.251 e. The quantitative estimate of drug-likeness (QED) is 0.710. The zero-order valence-corrected chi connectivity index (χ0v) is 14.0. The molecule has 1 aromatic carbocycles. The van der Waals surface area contributed by atoms with Gasteiger partial charge in [-0.1, -0.05) is 6.07 Å². The van der Waals surface area contributed by atoms with Crippen LogP contribution in [0.15, 0.2) is 42.7 Å². The average molecular weight is 343 g/mol. The molecule has 0 bridgehead atoms. The number of hydrogen-bond acceptors (Lipinski definition) is 6. The molecule has 0 aliphatic heterocycles. The summed E-state index contributed by atoms with van der Waals surface area (Å²) in [6.07, 6.45) is 3.57. The lowest BCUT2D eigenvalue weighted by molar-refractivity contribution is 0.0951. The number of carbonyl (C=O) groups is 1. The summed E-state index contributed by atoms with van der Waals surface area (Å²) in [6.45, 7) is 3.37. The normalized spacial score (nSPS) is 10.5. The van der Waals surface area contributed by atoms with Crippen LogP contribution in [0.5, 0.6) is 5.75 Å². The molecule has 0 aliphatic rings. The van der Waals surface area contributed by atoms with Crippen molar-refractivity contribution in [1.82, 2.24) is 23.8 Å². The van der Waals surface area contributed by atoms with Crippen molar-refractivity contribution in [2.75, 3.05) is 6.54 Å². The molecule has 0 unspecified atom stereocenters. The van der Waals surface area contributed by atoms with Crippen molar-refractivity contribution >= 4 is 17.6 Å². The van der Waals surface area contributed by atoms with Gasteiger partial charge in [-0.05, 0) is 31.2 Å². The third kappa shape index (κ3) is 4.17. The number of nitrogens with one attached hydrogen (secondary N) is 1. The third-order valence-electron chi connectivity index (χ3n) is 3.40. The molecule has 3 rings (SSSR count). The molecule has 1 amide bonds. The summed E-state index contributed by atoms with van der Waals surface area (Å²) in [5.74, 6) is 0.487. The molecule has 7 nitrogen and oxygen atoms in total. The molecule has 0 saturated carbocycles. The van der Waals surface area contributed by atoms with E-state index in [-0.39, 0.29) is 5.91 Å². The maximum absolute atomic E-state index is 12.2. The van der Waals surface area contributed by atoms with Gasteiger partial charge in [-0.25, -0.2) is 0 Å². The minimum Gasteiger partial charge on any atom is -0.487 e. The van der Waals surface area contributed by atoms with Crippen molar-refractivity contribution in [1.29, 1.82) is 0 Å². The highest BCUT2D eigenvalue weighted by atomic mass is 32.1. The molecule has 124 valence electrons. The number of rotatable bonds is 7. The van der Waals surface area contributed by atoms with Gasteiger partial charge in [0.15, 0.2) is 0 Å². The summed E-state index contributed by atoms with van der Waals surface area (Å²) in [6, 6.07) is 8.94. The molecule has 2 heterocycles. The highest BCUT2D eigenvalue weighted by molar-refractivity contribution is 6.99. The van der Waals surface area contributed by atoms with Crippen molar-refractivity contribution in [3.63, 3.8) is 0 Å². The molecule has 0 fully saturated rings. The van der Waals surface area contributed by atoms with Crippen LogP contribution in [0.25, 0.3) is 0 Å². The lowest BCUT2D eigenvalue weighted by atomic mass is 10.2. The van der Waals surface area contributed by atoms with E-state index in [0.29, 0.717) is 31.0 Å². The van der Waals surface area contributed by atoms with Crippen LogP contribution >= 0.6 is 11.7 Å². The lowest BCUT2D eigenvalue weighted by Crippen LogP contribution is -2.27. The summed E-state index contributed by atoms with van der Waals surface area (Å²) in [4.78, 5) is 12.2. The molecule has 8 heteroatoms. The second kappa shape index (κ2) is 7.69. The first-order valence-corrected chi connectivity index (χ1v) is 8.22. The van der Waals surface area contributed by atoms with Gasteiger partial charge >= 0.3 is 0 Å². The number of ether oxygens (including phenoxy) is 1. The van der Waals surface area contributed by atoms with E-state index in [1.165, 1.54) is 11.7 Å². The topological polar surface area (TPSA) is 81.9 Å². The molecule has 0 atom stereocenters. The van der Waals surface area contributed by atoms with Gasteiger partial charge in [0, 0.05) is 24.5 Å². The van der Waals surface area contributed by atoms with E-state index in [0.717, 1.165) is 11.4 Å². The Labute approximate surface area is 143 Å². The number of nitrogens with zero attached hydrogens (tertiary/aromatic N) is 4. The van der Waals surface area contributed by atoms with Crippen LogP contribution in [0.3, 0.4) is 0 Å². The van der Waals surface area contributed by atoms with Crippen molar-refractivity contribution < 1.29 is 9.53 Å². The monoisotopic (exact) mass is 343 g/mol.